The highest BCUT2D eigenvalue weighted by molar-refractivity contribution is 5.78. The van der Waals surface area contributed by atoms with E-state index < -0.39 is 6.29 Å². The van der Waals surface area contributed by atoms with Gasteiger partial charge in [-0.2, -0.15) is 0 Å². The molecule has 0 fully saturated rings. The van der Waals surface area contributed by atoms with Gasteiger partial charge in [-0.3, -0.25) is 4.79 Å². The molecule has 0 radical (unpaired) electrons. The van der Waals surface area contributed by atoms with Crippen LogP contribution in [0.5, 0.6) is 5.75 Å². The molecule has 1 rings (SSSR count). The lowest BCUT2D eigenvalue weighted by Gasteiger charge is -2.15. The summed E-state index contributed by atoms with van der Waals surface area (Å²) in [6.07, 6.45) is 0.221. The standard InChI is InChI=1S/C11H14O4/c1-13-9-4-5-10(8(6-9)7-12)11(14-2)15-3/h4-7,11H,1-3H3. The van der Waals surface area contributed by atoms with Crippen LogP contribution in [0.3, 0.4) is 0 Å². The molecule has 0 atom stereocenters. The molecule has 0 saturated carbocycles. The molecular weight excluding hydrogens is 196 g/mol. The quantitative estimate of drug-likeness (QED) is 0.549. The van der Waals surface area contributed by atoms with Crippen molar-refractivity contribution in [1.29, 1.82) is 0 Å². The maximum atomic E-state index is 10.9. The first-order valence-electron chi connectivity index (χ1n) is 4.45. The SMILES string of the molecule is COc1ccc(C(OC)OC)c(C=O)c1. The number of benzene rings is 1. The van der Waals surface area contributed by atoms with Crippen LogP contribution in [-0.4, -0.2) is 27.6 Å². The lowest BCUT2D eigenvalue weighted by Crippen LogP contribution is -2.07. The molecule has 0 N–H and O–H groups in total. The van der Waals surface area contributed by atoms with E-state index in [4.69, 9.17) is 14.2 Å². The molecule has 0 unspecified atom stereocenters. The highest BCUT2D eigenvalue weighted by Gasteiger charge is 2.14. The fraction of sp³-hybridized carbons (Fsp3) is 0.364. The van der Waals surface area contributed by atoms with Gasteiger partial charge in [0.25, 0.3) is 0 Å². The largest absolute Gasteiger partial charge is 0.497 e. The van der Waals surface area contributed by atoms with Gasteiger partial charge in [-0.25, -0.2) is 0 Å². The van der Waals surface area contributed by atoms with Crippen LogP contribution in [0, 0.1) is 0 Å². The van der Waals surface area contributed by atoms with Crippen molar-refractivity contribution in [2.45, 2.75) is 6.29 Å². The van der Waals surface area contributed by atoms with Crippen molar-refractivity contribution in [3.05, 3.63) is 29.3 Å². The molecule has 82 valence electrons. The minimum atomic E-state index is -0.531. The van der Waals surface area contributed by atoms with E-state index in [0.717, 1.165) is 6.29 Å². The summed E-state index contributed by atoms with van der Waals surface area (Å²) in [5.41, 5.74) is 1.19. The average Bonchev–Trinajstić information content (AvgIpc) is 2.31. The Morgan fingerprint density at radius 1 is 1.20 bits per heavy atom. The number of rotatable bonds is 5. The van der Waals surface area contributed by atoms with E-state index in [0.29, 0.717) is 16.9 Å². The maximum Gasteiger partial charge on any atom is 0.183 e. The first-order valence-corrected chi connectivity index (χ1v) is 4.45. The van der Waals surface area contributed by atoms with Crippen molar-refractivity contribution in [2.24, 2.45) is 0 Å². The number of carbonyl (C=O) groups is 1. The third kappa shape index (κ3) is 2.55. The normalized spacial score (nSPS) is 10.4. The molecule has 1 aromatic carbocycles. The molecule has 0 aromatic heterocycles. The zero-order chi connectivity index (χ0) is 11.3. The minimum Gasteiger partial charge on any atom is -0.497 e. The molecule has 0 amide bonds. The molecule has 0 aliphatic heterocycles. The smallest absolute Gasteiger partial charge is 0.183 e. The van der Waals surface area contributed by atoms with Gasteiger partial charge in [-0.15, -0.1) is 0 Å². The van der Waals surface area contributed by atoms with Gasteiger partial charge in [0, 0.05) is 25.3 Å². The summed E-state index contributed by atoms with van der Waals surface area (Å²) >= 11 is 0. The Bertz CT molecular complexity index is 331. The van der Waals surface area contributed by atoms with E-state index in [1.54, 1.807) is 25.3 Å². The van der Waals surface area contributed by atoms with Crippen molar-refractivity contribution in [1.82, 2.24) is 0 Å². The van der Waals surface area contributed by atoms with Crippen LogP contribution in [0.2, 0.25) is 0 Å². The van der Waals surface area contributed by atoms with E-state index in [1.165, 1.54) is 14.2 Å². The number of ether oxygens (including phenoxy) is 3. The average molecular weight is 210 g/mol. The number of carbonyl (C=O) groups excluding carboxylic acids is 1. The second-order valence-electron chi connectivity index (χ2n) is 2.92. The van der Waals surface area contributed by atoms with E-state index >= 15 is 0 Å². The monoisotopic (exact) mass is 210 g/mol. The number of aldehydes is 1. The molecule has 0 bridgehead atoms. The molecule has 15 heavy (non-hydrogen) atoms. The van der Waals surface area contributed by atoms with Crippen LogP contribution >= 0.6 is 0 Å². The summed E-state index contributed by atoms with van der Waals surface area (Å²) in [5, 5.41) is 0. The van der Waals surface area contributed by atoms with Crippen LogP contribution in [0.15, 0.2) is 18.2 Å². The van der Waals surface area contributed by atoms with E-state index in [-0.39, 0.29) is 0 Å². The summed E-state index contributed by atoms with van der Waals surface area (Å²) in [7, 11) is 4.59. The molecule has 0 spiro atoms. The summed E-state index contributed by atoms with van der Waals surface area (Å²) in [4.78, 5) is 10.9. The zero-order valence-electron chi connectivity index (χ0n) is 9.02. The third-order valence-electron chi connectivity index (χ3n) is 2.10. The molecular formula is C11H14O4. The van der Waals surface area contributed by atoms with Gasteiger partial charge in [0.05, 0.1) is 7.11 Å². The van der Waals surface area contributed by atoms with Gasteiger partial charge in [-0.05, 0) is 18.2 Å². The first-order chi connectivity index (χ1) is 7.26. The topological polar surface area (TPSA) is 44.8 Å². The Morgan fingerprint density at radius 3 is 2.33 bits per heavy atom. The second kappa shape index (κ2) is 5.48. The fourth-order valence-electron chi connectivity index (χ4n) is 1.35. The third-order valence-corrected chi connectivity index (χ3v) is 2.10. The predicted octanol–water partition coefficient (Wildman–Crippen LogP) is 1.80. The Kier molecular flexibility index (Phi) is 4.27. The Morgan fingerprint density at radius 2 is 1.87 bits per heavy atom. The lowest BCUT2D eigenvalue weighted by molar-refractivity contribution is -0.106. The van der Waals surface area contributed by atoms with E-state index in [9.17, 15) is 4.79 Å². The van der Waals surface area contributed by atoms with Crippen LogP contribution in [0.1, 0.15) is 22.2 Å². The van der Waals surface area contributed by atoms with Crippen molar-refractivity contribution < 1.29 is 19.0 Å². The lowest BCUT2D eigenvalue weighted by atomic mass is 10.1. The second-order valence-corrected chi connectivity index (χ2v) is 2.92. The molecule has 0 aliphatic carbocycles. The van der Waals surface area contributed by atoms with Gasteiger partial charge in [-0.1, -0.05) is 0 Å². The van der Waals surface area contributed by atoms with Crippen molar-refractivity contribution in [3.8, 4) is 5.75 Å². The van der Waals surface area contributed by atoms with Crippen LogP contribution in [0.25, 0.3) is 0 Å². The molecule has 4 heteroatoms. The van der Waals surface area contributed by atoms with E-state index in [1.807, 2.05) is 0 Å². The Hall–Kier alpha value is -1.39. The Labute approximate surface area is 88.8 Å². The minimum absolute atomic E-state index is 0.503. The van der Waals surface area contributed by atoms with Gasteiger partial charge in [0.2, 0.25) is 0 Å². The van der Waals surface area contributed by atoms with Crippen molar-refractivity contribution in [3.63, 3.8) is 0 Å². The van der Waals surface area contributed by atoms with Gasteiger partial charge >= 0.3 is 0 Å². The molecule has 0 saturated heterocycles. The van der Waals surface area contributed by atoms with E-state index in [2.05, 4.69) is 0 Å². The highest BCUT2D eigenvalue weighted by Crippen LogP contribution is 2.24. The van der Waals surface area contributed by atoms with Crippen LogP contribution in [0.4, 0.5) is 0 Å². The predicted molar refractivity (Wildman–Crippen MR) is 55.1 cm³/mol. The van der Waals surface area contributed by atoms with Crippen molar-refractivity contribution in [2.75, 3.05) is 21.3 Å². The molecule has 0 heterocycles. The Balaban J connectivity index is 3.11. The van der Waals surface area contributed by atoms with Gasteiger partial charge in [0.15, 0.2) is 12.6 Å². The summed E-state index contributed by atoms with van der Waals surface area (Å²) in [5.74, 6) is 0.631. The van der Waals surface area contributed by atoms with Gasteiger partial charge in [0.1, 0.15) is 5.75 Å². The number of methoxy groups -OCH3 is 3. The number of hydrogen-bond donors (Lipinski definition) is 0. The number of hydrogen-bond acceptors (Lipinski definition) is 4. The summed E-state index contributed by atoms with van der Waals surface area (Å²) in [6.45, 7) is 0. The molecule has 0 aliphatic rings. The molecule has 1 aromatic rings. The fourth-order valence-corrected chi connectivity index (χ4v) is 1.35. The highest BCUT2D eigenvalue weighted by atomic mass is 16.7. The van der Waals surface area contributed by atoms with Crippen LogP contribution < -0.4 is 4.74 Å². The van der Waals surface area contributed by atoms with Crippen LogP contribution in [-0.2, 0) is 9.47 Å². The molecule has 4 nitrogen and oxygen atoms in total. The zero-order valence-corrected chi connectivity index (χ0v) is 9.02. The summed E-state index contributed by atoms with van der Waals surface area (Å²) < 4.78 is 15.2. The maximum absolute atomic E-state index is 10.9. The van der Waals surface area contributed by atoms with Gasteiger partial charge < -0.3 is 14.2 Å². The first kappa shape index (κ1) is 11.7. The summed E-state index contributed by atoms with van der Waals surface area (Å²) in [6, 6.07) is 5.15. The van der Waals surface area contributed by atoms with Crippen molar-refractivity contribution >= 4 is 6.29 Å².